The van der Waals surface area contributed by atoms with Gasteiger partial charge in [-0.1, -0.05) is 6.42 Å². The molecule has 0 saturated carbocycles. The van der Waals surface area contributed by atoms with Gasteiger partial charge in [-0.25, -0.2) is 4.98 Å². The van der Waals surface area contributed by atoms with E-state index < -0.39 is 0 Å². The van der Waals surface area contributed by atoms with Gasteiger partial charge in [-0.15, -0.1) is 0 Å². The van der Waals surface area contributed by atoms with E-state index in [9.17, 15) is 0 Å². The Morgan fingerprint density at radius 3 is 2.82 bits per heavy atom. The maximum absolute atomic E-state index is 5.79. The molecule has 1 aromatic rings. The number of hydrogen-bond donors (Lipinski definition) is 1. The zero-order valence-electron chi connectivity index (χ0n) is 11.1. The summed E-state index contributed by atoms with van der Waals surface area (Å²) >= 11 is 0. The molecule has 0 radical (unpaired) electrons. The van der Waals surface area contributed by atoms with Gasteiger partial charge < -0.3 is 5.73 Å². The molecule has 1 saturated heterocycles. The van der Waals surface area contributed by atoms with Crippen LogP contribution in [0.25, 0.3) is 0 Å². The van der Waals surface area contributed by atoms with Crippen molar-refractivity contribution >= 4 is 5.82 Å². The lowest BCUT2D eigenvalue weighted by molar-refractivity contribution is 0.112. The van der Waals surface area contributed by atoms with Gasteiger partial charge in [0.2, 0.25) is 0 Å². The first-order chi connectivity index (χ1) is 8.09. The molecule has 0 bridgehead atoms. The highest BCUT2D eigenvalue weighted by atomic mass is 15.2. The molecule has 0 unspecified atom stereocenters. The lowest BCUT2D eigenvalue weighted by atomic mass is 9.94. The Morgan fingerprint density at radius 2 is 2.18 bits per heavy atom. The van der Waals surface area contributed by atoms with Crippen molar-refractivity contribution in [1.29, 1.82) is 0 Å². The third kappa shape index (κ3) is 2.60. The van der Waals surface area contributed by atoms with Crippen LogP contribution in [0.15, 0.2) is 12.3 Å². The fraction of sp³-hybridized carbons (Fsp3) is 0.643. The average molecular weight is 233 g/mol. The number of hydrogen-bond acceptors (Lipinski definition) is 3. The van der Waals surface area contributed by atoms with Gasteiger partial charge in [0.05, 0.1) is 0 Å². The zero-order chi connectivity index (χ0) is 12.4. The minimum absolute atomic E-state index is 0.524. The van der Waals surface area contributed by atoms with E-state index in [1.807, 2.05) is 13.1 Å². The molecule has 1 atom stereocenters. The number of piperidine rings is 1. The number of nitrogen functional groups attached to an aromatic ring is 1. The van der Waals surface area contributed by atoms with Gasteiger partial charge in [0.1, 0.15) is 5.82 Å². The van der Waals surface area contributed by atoms with Gasteiger partial charge in [-0.05, 0) is 57.4 Å². The lowest BCUT2D eigenvalue weighted by Crippen LogP contribution is -2.38. The topological polar surface area (TPSA) is 42.2 Å². The number of anilines is 1. The molecular weight excluding hydrogens is 210 g/mol. The molecule has 2 heterocycles. The molecule has 3 nitrogen and oxygen atoms in total. The van der Waals surface area contributed by atoms with Gasteiger partial charge in [0, 0.05) is 18.3 Å². The van der Waals surface area contributed by atoms with Crippen molar-refractivity contribution in [2.75, 3.05) is 12.3 Å². The van der Waals surface area contributed by atoms with E-state index in [1.54, 1.807) is 0 Å². The van der Waals surface area contributed by atoms with E-state index in [0.717, 1.165) is 5.56 Å². The quantitative estimate of drug-likeness (QED) is 0.854. The van der Waals surface area contributed by atoms with E-state index in [-0.39, 0.29) is 0 Å². The first kappa shape index (κ1) is 12.4. The van der Waals surface area contributed by atoms with Gasteiger partial charge in [0.25, 0.3) is 0 Å². The van der Waals surface area contributed by atoms with E-state index >= 15 is 0 Å². The van der Waals surface area contributed by atoms with E-state index in [0.29, 0.717) is 17.9 Å². The maximum atomic E-state index is 5.79. The minimum Gasteiger partial charge on any atom is -0.383 e. The van der Waals surface area contributed by atoms with Crippen LogP contribution in [0.5, 0.6) is 0 Å². The Balaban J connectivity index is 2.26. The van der Waals surface area contributed by atoms with Crippen molar-refractivity contribution in [3.63, 3.8) is 0 Å². The molecule has 2 N–H and O–H groups in total. The fourth-order valence-corrected chi connectivity index (χ4v) is 2.72. The maximum Gasteiger partial charge on any atom is 0.126 e. The number of aryl methyl sites for hydroxylation is 1. The molecule has 1 aliphatic heterocycles. The van der Waals surface area contributed by atoms with E-state index in [2.05, 4.69) is 29.8 Å². The standard InChI is InChI=1S/C14H23N3/c1-10(2)17-7-5-4-6-13(17)12-8-11(3)14(15)16-9-12/h8-10,13H,4-7H2,1-3H3,(H2,15,16)/t13-/m0/s1. The summed E-state index contributed by atoms with van der Waals surface area (Å²) in [5.74, 6) is 0.653. The monoisotopic (exact) mass is 233 g/mol. The molecule has 17 heavy (non-hydrogen) atoms. The molecule has 1 aliphatic rings. The van der Waals surface area contributed by atoms with Gasteiger partial charge >= 0.3 is 0 Å². The van der Waals surface area contributed by atoms with Crippen molar-refractivity contribution in [2.45, 2.75) is 52.1 Å². The predicted molar refractivity (Wildman–Crippen MR) is 71.8 cm³/mol. The first-order valence-electron chi connectivity index (χ1n) is 6.57. The molecule has 1 fully saturated rings. The van der Waals surface area contributed by atoms with Crippen LogP contribution >= 0.6 is 0 Å². The summed E-state index contributed by atoms with van der Waals surface area (Å²) in [5, 5.41) is 0. The van der Waals surface area contributed by atoms with Crippen LogP contribution in [0.2, 0.25) is 0 Å². The summed E-state index contributed by atoms with van der Waals surface area (Å²) in [6.45, 7) is 7.78. The summed E-state index contributed by atoms with van der Waals surface area (Å²) in [6.07, 6.45) is 5.82. The number of nitrogens with two attached hydrogens (primary N) is 1. The Labute approximate surface area is 104 Å². The van der Waals surface area contributed by atoms with Gasteiger partial charge in [-0.2, -0.15) is 0 Å². The summed E-state index contributed by atoms with van der Waals surface area (Å²) in [4.78, 5) is 6.88. The largest absolute Gasteiger partial charge is 0.383 e. The zero-order valence-corrected chi connectivity index (χ0v) is 11.1. The fourth-order valence-electron chi connectivity index (χ4n) is 2.72. The second-order valence-corrected chi connectivity index (χ2v) is 5.31. The lowest BCUT2D eigenvalue weighted by Gasteiger charge is -2.38. The minimum atomic E-state index is 0.524. The van der Waals surface area contributed by atoms with Crippen LogP contribution in [0.1, 0.15) is 50.3 Å². The van der Waals surface area contributed by atoms with Crippen molar-refractivity contribution in [1.82, 2.24) is 9.88 Å². The second kappa shape index (κ2) is 5.05. The van der Waals surface area contributed by atoms with Crippen molar-refractivity contribution in [2.24, 2.45) is 0 Å². The van der Waals surface area contributed by atoms with Crippen molar-refractivity contribution in [3.8, 4) is 0 Å². The Kier molecular flexibility index (Phi) is 3.67. The van der Waals surface area contributed by atoms with Crippen LogP contribution in [0, 0.1) is 6.92 Å². The Morgan fingerprint density at radius 1 is 1.41 bits per heavy atom. The normalized spacial score (nSPS) is 22.0. The molecule has 0 aliphatic carbocycles. The third-order valence-electron chi connectivity index (χ3n) is 3.73. The Bertz CT molecular complexity index is 387. The van der Waals surface area contributed by atoms with Crippen LogP contribution < -0.4 is 5.73 Å². The summed E-state index contributed by atoms with van der Waals surface area (Å²) < 4.78 is 0. The third-order valence-corrected chi connectivity index (χ3v) is 3.73. The molecule has 3 heteroatoms. The van der Waals surface area contributed by atoms with E-state index in [4.69, 9.17) is 5.73 Å². The number of likely N-dealkylation sites (tertiary alicyclic amines) is 1. The molecule has 2 rings (SSSR count). The summed E-state index contributed by atoms with van der Waals surface area (Å²) in [5.41, 5.74) is 8.21. The van der Waals surface area contributed by atoms with Crippen LogP contribution in [-0.4, -0.2) is 22.5 Å². The highest BCUT2D eigenvalue weighted by Gasteiger charge is 2.26. The molecule has 1 aromatic heterocycles. The van der Waals surface area contributed by atoms with Gasteiger partial charge in [-0.3, -0.25) is 4.90 Å². The second-order valence-electron chi connectivity index (χ2n) is 5.31. The molecule has 0 aromatic carbocycles. The van der Waals surface area contributed by atoms with Crippen LogP contribution in [0.4, 0.5) is 5.82 Å². The van der Waals surface area contributed by atoms with Gasteiger partial charge in [0.15, 0.2) is 0 Å². The smallest absolute Gasteiger partial charge is 0.126 e. The summed E-state index contributed by atoms with van der Waals surface area (Å²) in [7, 11) is 0. The van der Waals surface area contributed by atoms with E-state index in [1.165, 1.54) is 31.4 Å². The molecule has 0 spiro atoms. The Hall–Kier alpha value is -1.09. The highest BCUT2D eigenvalue weighted by molar-refractivity contribution is 5.40. The number of pyridine rings is 1. The first-order valence-corrected chi connectivity index (χ1v) is 6.57. The molecule has 94 valence electrons. The number of aromatic nitrogens is 1. The van der Waals surface area contributed by atoms with Crippen molar-refractivity contribution in [3.05, 3.63) is 23.4 Å². The van der Waals surface area contributed by atoms with Crippen LogP contribution in [0.3, 0.4) is 0 Å². The number of nitrogens with zero attached hydrogens (tertiary/aromatic N) is 2. The SMILES string of the molecule is Cc1cc([C@@H]2CCCCN2C(C)C)cnc1N. The van der Waals surface area contributed by atoms with Crippen LogP contribution in [-0.2, 0) is 0 Å². The highest BCUT2D eigenvalue weighted by Crippen LogP contribution is 2.32. The summed E-state index contributed by atoms with van der Waals surface area (Å²) in [6, 6.07) is 3.32. The number of rotatable bonds is 2. The van der Waals surface area contributed by atoms with Crippen molar-refractivity contribution < 1.29 is 0 Å². The predicted octanol–water partition coefficient (Wildman–Crippen LogP) is 2.91. The molecular formula is C14H23N3. The molecule has 0 amide bonds. The average Bonchev–Trinajstić information content (AvgIpc) is 2.32.